The Labute approximate surface area is 142 Å². The summed E-state index contributed by atoms with van der Waals surface area (Å²) in [7, 11) is 0. The van der Waals surface area contributed by atoms with Gasteiger partial charge in [-0.2, -0.15) is 5.26 Å². The van der Waals surface area contributed by atoms with Gasteiger partial charge in [0.15, 0.2) is 0 Å². The van der Waals surface area contributed by atoms with Crippen molar-refractivity contribution in [1.82, 2.24) is 5.32 Å². The first-order valence-electron chi connectivity index (χ1n) is 7.90. The smallest absolute Gasteiger partial charge is 0.262 e. The number of carbonyl (C=O) groups excluding carboxylic acids is 1. The summed E-state index contributed by atoms with van der Waals surface area (Å²) in [6, 6.07) is 17.9. The third-order valence-electron chi connectivity index (χ3n) is 3.63. The van der Waals surface area contributed by atoms with Crippen LogP contribution in [0.1, 0.15) is 36.9 Å². The van der Waals surface area contributed by atoms with E-state index in [1.807, 2.05) is 36.4 Å². The minimum absolute atomic E-state index is 0.0117. The van der Waals surface area contributed by atoms with Gasteiger partial charge in [0.05, 0.1) is 6.04 Å². The van der Waals surface area contributed by atoms with E-state index in [0.717, 1.165) is 18.4 Å². The highest BCUT2D eigenvalue weighted by molar-refractivity contribution is 6.01. The Balaban J connectivity index is 2.20. The van der Waals surface area contributed by atoms with Crippen molar-refractivity contribution in [3.63, 3.8) is 0 Å². The first kappa shape index (κ1) is 17.3. The molecule has 2 rings (SSSR count). The summed E-state index contributed by atoms with van der Waals surface area (Å²) in [5.41, 5.74) is 1.63. The van der Waals surface area contributed by atoms with E-state index >= 15 is 0 Å². The monoisotopic (exact) mass is 320 g/mol. The first-order chi connectivity index (χ1) is 11.6. The molecule has 0 spiro atoms. The molecule has 2 aromatic carbocycles. The van der Waals surface area contributed by atoms with Crippen LogP contribution < -0.4 is 5.32 Å². The highest BCUT2D eigenvalue weighted by Gasteiger charge is 2.16. The second-order valence-corrected chi connectivity index (χ2v) is 5.49. The third kappa shape index (κ3) is 4.72. The molecule has 24 heavy (non-hydrogen) atoms. The molecule has 0 aliphatic rings. The van der Waals surface area contributed by atoms with Gasteiger partial charge >= 0.3 is 0 Å². The van der Waals surface area contributed by atoms with Crippen LogP contribution in [-0.2, 0) is 4.79 Å². The van der Waals surface area contributed by atoms with Gasteiger partial charge in [0, 0.05) is 0 Å². The molecule has 1 unspecified atom stereocenters. The van der Waals surface area contributed by atoms with Crippen molar-refractivity contribution in [2.24, 2.45) is 0 Å². The third-order valence-corrected chi connectivity index (χ3v) is 3.63. The molecule has 2 aromatic rings. The Morgan fingerprint density at radius 3 is 2.62 bits per heavy atom. The van der Waals surface area contributed by atoms with Crippen molar-refractivity contribution in [3.05, 3.63) is 71.3 Å². The number of aromatic hydroxyl groups is 1. The van der Waals surface area contributed by atoms with Crippen LogP contribution in [-0.4, -0.2) is 11.0 Å². The Hall–Kier alpha value is -3.06. The van der Waals surface area contributed by atoms with Crippen LogP contribution in [0.5, 0.6) is 5.75 Å². The molecule has 4 nitrogen and oxygen atoms in total. The van der Waals surface area contributed by atoms with Gasteiger partial charge in [0.2, 0.25) is 0 Å². The number of nitrogens with zero attached hydrogens (tertiary/aromatic N) is 1. The number of carbonyl (C=O) groups is 1. The predicted molar refractivity (Wildman–Crippen MR) is 93.9 cm³/mol. The van der Waals surface area contributed by atoms with E-state index in [1.165, 1.54) is 18.2 Å². The molecule has 0 fully saturated rings. The van der Waals surface area contributed by atoms with Crippen LogP contribution in [0.25, 0.3) is 6.08 Å². The van der Waals surface area contributed by atoms with Crippen LogP contribution in [0.3, 0.4) is 0 Å². The minimum Gasteiger partial charge on any atom is -0.508 e. The second-order valence-electron chi connectivity index (χ2n) is 5.49. The molecule has 1 atom stereocenters. The fraction of sp³-hybridized carbons (Fsp3) is 0.200. The first-order valence-corrected chi connectivity index (χ1v) is 7.90. The summed E-state index contributed by atoms with van der Waals surface area (Å²) in [6.07, 6.45) is 3.18. The number of benzene rings is 2. The highest BCUT2D eigenvalue weighted by atomic mass is 16.3. The summed E-state index contributed by atoms with van der Waals surface area (Å²) in [5.74, 6) is -0.322. The van der Waals surface area contributed by atoms with E-state index < -0.39 is 5.91 Å². The summed E-state index contributed by atoms with van der Waals surface area (Å²) in [6.45, 7) is 2.05. The lowest BCUT2D eigenvalue weighted by Crippen LogP contribution is -2.29. The fourth-order valence-electron chi connectivity index (χ4n) is 2.46. The fourth-order valence-corrected chi connectivity index (χ4v) is 2.46. The molecule has 0 aliphatic heterocycles. The number of hydrogen-bond donors (Lipinski definition) is 2. The van der Waals surface area contributed by atoms with Gasteiger partial charge < -0.3 is 10.4 Å². The van der Waals surface area contributed by atoms with Gasteiger partial charge in [-0.15, -0.1) is 0 Å². The van der Waals surface area contributed by atoms with Crippen LogP contribution in [0.2, 0.25) is 0 Å². The number of phenolic OH excluding ortho intramolecular Hbond substituents is 1. The topological polar surface area (TPSA) is 73.1 Å². The van der Waals surface area contributed by atoms with E-state index in [2.05, 4.69) is 12.2 Å². The molecule has 4 heteroatoms. The number of rotatable bonds is 6. The van der Waals surface area contributed by atoms with Crippen LogP contribution in [0.15, 0.2) is 60.2 Å². The number of hydrogen-bond acceptors (Lipinski definition) is 3. The zero-order valence-corrected chi connectivity index (χ0v) is 13.6. The maximum Gasteiger partial charge on any atom is 0.262 e. The SMILES string of the molecule is CCCC(NC(=O)/C(C#N)=C/c1cccc(O)c1)c1ccccc1. The van der Waals surface area contributed by atoms with Gasteiger partial charge in [-0.3, -0.25) is 4.79 Å². The van der Waals surface area contributed by atoms with Crippen molar-refractivity contribution < 1.29 is 9.90 Å². The molecule has 0 aromatic heterocycles. The average molecular weight is 320 g/mol. The van der Waals surface area contributed by atoms with E-state index in [9.17, 15) is 15.2 Å². The standard InChI is InChI=1S/C20H20N2O2/c1-2-7-19(16-9-4-3-5-10-16)22-20(24)17(14-21)12-15-8-6-11-18(23)13-15/h3-6,8-13,19,23H,2,7H2,1H3,(H,22,24)/b17-12+. The molecule has 2 N–H and O–H groups in total. The van der Waals surface area contributed by atoms with Crippen molar-refractivity contribution in [2.75, 3.05) is 0 Å². The van der Waals surface area contributed by atoms with E-state index in [0.29, 0.717) is 5.56 Å². The van der Waals surface area contributed by atoms with Gasteiger partial charge in [-0.1, -0.05) is 55.8 Å². The lowest BCUT2D eigenvalue weighted by Gasteiger charge is -2.18. The van der Waals surface area contributed by atoms with Gasteiger partial charge in [0.25, 0.3) is 5.91 Å². The van der Waals surface area contributed by atoms with Crippen molar-refractivity contribution in [2.45, 2.75) is 25.8 Å². The number of nitriles is 1. The maximum absolute atomic E-state index is 12.5. The minimum atomic E-state index is -0.414. The molecule has 0 bridgehead atoms. The molecule has 0 saturated carbocycles. The number of phenols is 1. The highest BCUT2D eigenvalue weighted by Crippen LogP contribution is 2.19. The molecular formula is C20H20N2O2. The van der Waals surface area contributed by atoms with Crippen LogP contribution in [0.4, 0.5) is 0 Å². The lowest BCUT2D eigenvalue weighted by molar-refractivity contribution is -0.117. The molecule has 0 aliphatic carbocycles. The van der Waals surface area contributed by atoms with Crippen LogP contribution in [0, 0.1) is 11.3 Å². The molecule has 0 radical (unpaired) electrons. The van der Waals surface area contributed by atoms with E-state index in [-0.39, 0.29) is 17.4 Å². The molecular weight excluding hydrogens is 300 g/mol. The average Bonchev–Trinajstić information content (AvgIpc) is 2.60. The summed E-state index contributed by atoms with van der Waals surface area (Å²) < 4.78 is 0. The quantitative estimate of drug-likeness (QED) is 0.625. The Morgan fingerprint density at radius 1 is 1.25 bits per heavy atom. The molecule has 1 amide bonds. The molecule has 0 heterocycles. The summed E-state index contributed by atoms with van der Waals surface area (Å²) in [5, 5.41) is 21.7. The van der Waals surface area contributed by atoms with Gasteiger partial charge in [-0.25, -0.2) is 0 Å². The Bertz CT molecular complexity index is 761. The summed E-state index contributed by atoms with van der Waals surface area (Å²) >= 11 is 0. The van der Waals surface area contributed by atoms with Crippen LogP contribution >= 0.6 is 0 Å². The van der Waals surface area contributed by atoms with Crippen molar-refractivity contribution in [3.8, 4) is 11.8 Å². The summed E-state index contributed by atoms with van der Waals surface area (Å²) in [4.78, 5) is 12.5. The lowest BCUT2D eigenvalue weighted by atomic mass is 10.0. The molecule has 122 valence electrons. The predicted octanol–water partition coefficient (Wildman–Crippen LogP) is 3.96. The van der Waals surface area contributed by atoms with Gasteiger partial charge in [-0.05, 0) is 35.8 Å². The van der Waals surface area contributed by atoms with E-state index in [1.54, 1.807) is 12.1 Å². The molecule has 0 saturated heterocycles. The zero-order valence-electron chi connectivity index (χ0n) is 13.6. The maximum atomic E-state index is 12.5. The van der Waals surface area contributed by atoms with Gasteiger partial charge in [0.1, 0.15) is 17.4 Å². The van der Waals surface area contributed by atoms with E-state index in [4.69, 9.17) is 0 Å². The number of amides is 1. The second kappa shape index (κ2) is 8.54. The normalized spacial score (nSPS) is 12.2. The van der Waals surface area contributed by atoms with Crippen molar-refractivity contribution in [1.29, 1.82) is 5.26 Å². The Kier molecular flexibility index (Phi) is 6.16. The largest absolute Gasteiger partial charge is 0.508 e. The Morgan fingerprint density at radius 2 is 2.00 bits per heavy atom. The zero-order chi connectivity index (χ0) is 17.4. The van der Waals surface area contributed by atoms with Crippen molar-refractivity contribution >= 4 is 12.0 Å². The number of nitrogens with one attached hydrogen (secondary N) is 1.